The first-order chi connectivity index (χ1) is 7.27. The lowest BCUT2D eigenvalue weighted by Gasteiger charge is -1.99. The zero-order valence-electron chi connectivity index (χ0n) is 8.09. The molecular formula is C10H11N3OS. The van der Waals surface area contributed by atoms with E-state index >= 15 is 0 Å². The van der Waals surface area contributed by atoms with Gasteiger partial charge in [0.15, 0.2) is 5.16 Å². The Morgan fingerprint density at radius 2 is 2.40 bits per heavy atom. The predicted octanol–water partition coefficient (Wildman–Crippen LogP) is 1.30. The van der Waals surface area contributed by atoms with Crippen molar-refractivity contribution in [3.63, 3.8) is 0 Å². The SMILES string of the molecule is NC(=O)CCSc1ncc2ccccn12. The fourth-order valence-electron chi connectivity index (χ4n) is 1.27. The average Bonchev–Trinajstić information content (AvgIpc) is 2.62. The van der Waals surface area contributed by atoms with Crippen LogP contribution in [0.2, 0.25) is 0 Å². The van der Waals surface area contributed by atoms with Crippen molar-refractivity contribution in [2.75, 3.05) is 5.75 Å². The summed E-state index contributed by atoms with van der Waals surface area (Å²) in [6.45, 7) is 0. The molecule has 0 aliphatic heterocycles. The van der Waals surface area contributed by atoms with E-state index < -0.39 is 0 Å². The number of rotatable bonds is 4. The number of fused-ring (bicyclic) bond motifs is 1. The van der Waals surface area contributed by atoms with Gasteiger partial charge in [-0.2, -0.15) is 0 Å². The molecule has 4 nitrogen and oxygen atoms in total. The van der Waals surface area contributed by atoms with Gasteiger partial charge in [0, 0.05) is 18.4 Å². The molecule has 0 saturated heterocycles. The highest BCUT2D eigenvalue weighted by molar-refractivity contribution is 7.99. The third kappa shape index (κ3) is 2.30. The van der Waals surface area contributed by atoms with Crippen molar-refractivity contribution in [2.45, 2.75) is 11.6 Å². The van der Waals surface area contributed by atoms with Crippen molar-refractivity contribution < 1.29 is 4.79 Å². The number of nitrogens with two attached hydrogens (primary N) is 1. The molecule has 0 atom stereocenters. The molecule has 2 N–H and O–H groups in total. The van der Waals surface area contributed by atoms with Gasteiger partial charge < -0.3 is 5.73 Å². The number of pyridine rings is 1. The predicted molar refractivity (Wildman–Crippen MR) is 59.7 cm³/mol. The van der Waals surface area contributed by atoms with Crippen molar-refractivity contribution in [3.05, 3.63) is 30.6 Å². The van der Waals surface area contributed by atoms with E-state index in [1.165, 1.54) is 11.8 Å². The summed E-state index contributed by atoms with van der Waals surface area (Å²) in [4.78, 5) is 14.8. The van der Waals surface area contributed by atoms with Gasteiger partial charge in [-0.05, 0) is 12.1 Å². The fraction of sp³-hybridized carbons (Fsp3) is 0.200. The van der Waals surface area contributed by atoms with Crippen LogP contribution in [0.25, 0.3) is 5.52 Å². The molecule has 2 heterocycles. The van der Waals surface area contributed by atoms with Crippen LogP contribution in [0.15, 0.2) is 35.7 Å². The van der Waals surface area contributed by atoms with Gasteiger partial charge in [-0.1, -0.05) is 17.8 Å². The van der Waals surface area contributed by atoms with Gasteiger partial charge in [0.2, 0.25) is 5.91 Å². The minimum atomic E-state index is -0.275. The van der Waals surface area contributed by atoms with Crippen LogP contribution >= 0.6 is 11.8 Å². The van der Waals surface area contributed by atoms with Gasteiger partial charge in [-0.3, -0.25) is 9.20 Å². The second-order valence-electron chi connectivity index (χ2n) is 3.10. The van der Waals surface area contributed by atoms with Gasteiger partial charge in [0.25, 0.3) is 0 Å². The van der Waals surface area contributed by atoms with E-state index in [9.17, 15) is 4.79 Å². The molecule has 0 fully saturated rings. The lowest BCUT2D eigenvalue weighted by atomic mass is 10.4. The monoisotopic (exact) mass is 221 g/mol. The molecular weight excluding hydrogens is 210 g/mol. The highest BCUT2D eigenvalue weighted by atomic mass is 32.2. The fourth-order valence-corrected chi connectivity index (χ4v) is 2.19. The van der Waals surface area contributed by atoms with Crippen LogP contribution in [0.1, 0.15) is 6.42 Å². The first kappa shape index (κ1) is 10.0. The van der Waals surface area contributed by atoms with Crippen molar-refractivity contribution in [2.24, 2.45) is 5.73 Å². The van der Waals surface area contributed by atoms with Gasteiger partial charge in [-0.15, -0.1) is 0 Å². The Morgan fingerprint density at radius 1 is 1.53 bits per heavy atom. The molecule has 78 valence electrons. The highest BCUT2D eigenvalue weighted by Crippen LogP contribution is 2.18. The Morgan fingerprint density at radius 3 is 3.20 bits per heavy atom. The summed E-state index contributed by atoms with van der Waals surface area (Å²) < 4.78 is 1.99. The van der Waals surface area contributed by atoms with E-state index in [1.807, 2.05) is 35.0 Å². The number of hydrogen-bond donors (Lipinski definition) is 1. The van der Waals surface area contributed by atoms with E-state index in [0.29, 0.717) is 12.2 Å². The van der Waals surface area contributed by atoms with Crippen LogP contribution < -0.4 is 5.73 Å². The van der Waals surface area contributed by atoms with Crippen molar-refractivity contribution >= 4 is 23.2 Å². The Bertz CT molecular complexity index is 480. The molecule has 0 aromatic carbocycles. The molecule has 2 aromatic heterocycles. The lowest BCUT2D eigenvalue weighted by molar-refractivity contribution is -0.117. The normalized spacial score (nSPS) is 10.7. The molecule has 2 rings (SSSR count). The number of imidazole rings is 1. The third-order valence-corrected chi connectivity index (χ3v) is 2.95. The third-order valence-electron chi connectivity index (χ3n) is 1.98. The smallest absolute Gasteiger partial charge is 0.218 e. The Kier molecular flexibility index (Phi) is 2.91. The number of primary amides is 1. The number of carbonyl (C=O) groups excluding carboxylic acids is 1. The van der Waals surface area contributed by atoms with Crippen molar-refractivity contribution in [3.8, 4) is 0 Å². The molecule has 5 heteroatoms. The molecule has 0 unspecified atom stereocenters. The molecule has 0 bridgehead atoms. The summed E-state index contributed by atoms with van der Waals surface area (Å²) in [5, 5.41) is 0.895. The highest BCUT2D eigenvalue weighted by Gasteiger charge is 2.03. The molecule has 0 saturated carbocycles. The molecule has 1 amide bonds. The van der Waals surface area contributed by atoms with Crippen LogP contribution in [-0.4, -0.2) is 21.0 Å². The molecule has 0 radical (unpaired) electrons. The van der Waals surface area contributed by atoms with Crippen molar-refractivity contribution in [1.82, 2.24) is 9.38 Å². The summed E-state index contributed by atoms with van der Waals surface area (Å²) in [7, 11) is 0. The minimum Gasteiger partial charge on any atom is -0.370 e. The number of aromatic nitrogens is 2. The summed E-state index contributed by atoms with van der Waals surface area (Å²) in [5.41, 5.74) is 6.12. The van der Waals surface area contributed by atoms with Crippen LogP contribution in [0.4, 0.5) is 0 Å². The number of thioether (sulfide) groups is 1. The second kappa shape index (κ2) is 4.35. The maximum atomic E-state index is 10.6. The number of hydrogen-bond acceptors (Lipinski definition) is 3. The van der Waals surface area contributed by atoms with E-state index in [4.69, 9.17) is 5.73 Å². The lowest BCUT2D eigenvalue weighted by Crippen LogP contribution is -2.10. The zero-order chi connectivity index (χ0) is 10.7. The molecule has 0 aliphatic rings. The largest absolute Gasteiger partial charge is 0.370 e. The first-order valence-electron chi connectivity index (χ1n) is 4.60. The molecule has 0 spiro atoms. The van der Waals surface area contributed by atoms with Gasteiger partial charge >= 0.3 is 0 Å². The standard InChI is InChI=1S/C10H11N3OS/c11-9(14)4-6-15-10-12-7-8-3-1-2-5-13(8)10/h1-3,5,7H,4,6H2,(H2,11,14). The van der Waals surface area contributed by atoms with Gasteiger partial charge in [-0.25, -0.2) is 4.98 Å². The van der Waals surface area contributed by atoms with E-state index in [-0.39, 0.29) is 5.91 Å². The number of nitrogens with zero attached hydrogens (tertiary/aromatic N) is 2. The summed E-state index contributed by atoms with van der Waals surface area (Å²) >= 11 is 1.54. The zero-order valence-corrected chi connectivity index (χ0v) is 8.91. The van der Waals surface area contributed by atoms with Gasteiger partial charge in [0.05, 0.1) is 11.7 Å². The minimum absolute atomic E-state index is 0.275. The average molecular weight is 221 g/mol. The molecule has 2 aromatic rings. The molecule has 0 aliphatic carbocycles. The number of amides is 1. The maximum Gasteiger partial charge on any atom is 0.218 e. The van der Waals surface area contributed by atoms with E-state index in [1.54, 1.807) is 0 Å². The van der Waals surface area contributed by atoms with Crippen LogP contribution in [0, 0.1) is 0 Å². The topological polar surface area (TPSA) is 60.4 Å². The summed E-state index contributed by atoms with van der Waals surface area (Å²) in [6.07, 6.45) is 4.15. The van der Waals surface area contributed by atoms with Crippen LogP contribution in [0.3, 0.4) is 0 Å². The quantitative estimate of drug-likeness (QED) is 0.792. The van der Waals surface area contributed by atoms with Crippen LogP contribution in [0.5, 0.6) is 0 Å². The Labute approximate surface area is 91.5 Å². The second-order valence-corrected chi connectivity index (χ2v) is 4.16. The summed E-state index contributed by atoms with van der Waals surface area (Å²) in [5.74, 6) is 0.395. The molecule has 15 heavy (non-hydrogen) atoms. The Hall–Kier alpha value is -1.49. The van der Waals surface area contributed by atoms with Crippen LogP contribution in [-0.2, 0) is 4.79 Å². The van der Waals surface area contributed by atoms with E-state index in [0.717, 1.165) is 10.7 Å². The number of carbonyl (C=O) groups is 1. The maximum absolute atomic E-state index is 10.6. The first-order valence-corrected chi connectivity index (χ1v) is 5.59. The van der Waals surface area contributed by atoms with Gasteiger partial charge in [0.1, 0.15) is 0 Å². The Balaban J connectivity index is 2.11. The van der Waals surface area contributed by atoms with E-state index in [2.05, 4.69) is 4.98 Å². The summed E-state index contributed by atoms with van der Waals surface area (Å²) in [6, 6.07) is 5.91. The van der Waals surface area contributed by atoms with Crippen molar-refractivity contribution in [1.29, 1.82) is 0 Å².